The van der Waals surface area contributed by atoms with Crippen LogP contribution < -0.4 is 0 Å². The molecule has 1 nitrogen and oxygen atoms in total. The molecule has 1 aromatic rings. The van der Waals surface area contributed by atoms with Crippen molar-refractivity contribution in [3.05, 3.63) is 35.4 Å². The van der Waals surface area contributed by atoms with Gasteiger partial charge in [0.1, 0.15) is 6.10 Å². The predicted octanol–water partition coefficient (Wildman–Crippen LogP) is 6.05. The summed E-state index contributed by atoms with van der Waals surface area (Å²) in [4.78, 5) is 0. The molecule has 1 aliphatic rings. The van der Waals surface area contributed by atoms with Crippen LogP contribution in [0.2, 0.25) is 0 Å². The minimum Gasteiger partial charge on any atom is -0.364 e. The average molecular weight is 309 g/mol. The molecular weight excluding hydrogens is 280 g/mol. The van der Waals surface area contributed by atoms with Gasteiger partial charge in [-0.15, -0.1) is 11.6 Å². The summed E-state index contributed by atoms with van der Waals surface area (Å²) >= 11 is 5.80. The van der Waals surface area contributed by atoms with E-state index in [9.17, 15) is 0 Å². The molecule has 2 heteroatoms. The quantitative estimate of drug-likeness (QED) is 0.275. The lowest BCUT2D eigenvalue weighted by Gasteiger charge is -2.07. The van der Waals surface area contributed by atoms with Crippen molar-refractivity contribution in [2.24, 2.45) is 0 Å². The molecule has 0 bridgehead atoms. The van der Waals surface area contributed by atoms with E-state index in [1.807, 2.05) is 0 Å². The zero-order valence-corrected chi connectivity index (χ0v) is 14.1. The van der Waals surface area contributed by atoms with Crippen LogP contribution in [0.15, 0.2) is 24.3 Å². The lowest BCUT2D eigenvalue weighted by molar-refractivity contribution is 0.370. The molecule has 0 aromatic heterocycles. The van der Waals surface area contributed by atoms with E-state index in [4.69, 9.17) is 16.3 Å². The maximum Gasteiger partial charge on any atom is 0.109 e. The zero-order chi connectivity index (χ0) is 14.9. The smallest absolute Gasteiger partial charge is 0.109 e. The molecule has 1 saturated heterocycles. The molecule has 2 rings (SSSR count). The van der Waals surface area contributed by atoms with E-state index in [0.717, 1.165) is 6.42 Å². The summed E-state index contributed by atoms with van der Waals surface area (Å²) in [7, 11) is 0. The van der Waals surface area contributed by atoms with E-state index in [-0.39, 0.29) is 0 Å². The standard InChI is InChI=1S/C19H29ClO/c1-2-3-4-5-6-7-8-11-16-12-9-10-13-17(16)19-18(21-19)14-15-20/h9-10,12-13,18-19H,2-8,11,14-15H2,1H3. The highest BCUT2D eigenvalue weighted by molar-refractivity contribution is 6.17. The Kier molecular flexibility index (Phi) is 7.60. The molecule has 2 unspecified atom stereocenters. The normalized spacial score (nSPS) is 20.7. The fourth-order valence-electron chi connectivity index (χ4n) is 3.06. The number of benzene rings is 1. The van der Waals surface area contributed by atoms with Crippen LogP contribution in [-0.4, -0.2) is 12.0 Å². The Hall–Kier alpha value is -0.530. The van der Waals surface area contributed by atoms with Gasteiger partial charge in [0.2, 0.25) is 0 Å². The van der Waals surface area contributed by atoms with E-state index >= 15 is 0 Å². The summed E-state index contributed by atoms with van der Waals surface area (Å²) in [6.07, 6.45) is 12.4. The summed E-state index contributed by atoms with van der Waals surface area (Å²) in [6.45, 7) is 2.27. The maximum atomic E-state index is 5.80. The number of alkyl halides is 1. The SMILES string of the molecule is CCCCCCCCCc1ccccc1C1OC1CCCl. The second kappa shape index (κ2) is 9.48. The van der Waals surface area contributed by atoms with E-state index in [1.165, 1.54) is 62.5 Å². The minimum atomic E-state index is 0.310. The van der Waals surface area contributed by atoms with Crippen LogP contribution in [-0.2, 0) is 11.2 Å². The number of rotatable bonds is 11. The van der Waals surface area contributed by atoms with Crippen LogP contribution in [0.25, 0.3) is 0 Å². The molecule has 1 fully saturated rings. The molecule has 1 aliphatic heterocycles. The van der Waals surface area contributed by atoms with E-state index in [2.05, 4.69) is 31.2 Å². The summed E-state index contributed by atoms with van der Waals surface area (Å²) in [5.41, 5.74) is 2.88. The lowest BCUT2D eigenvalue weighted by Crippen LogP contribution is -1.96. The maximum absolute atomic E-state index is 5.80. The molecule has 2 atom stereocenters. The Morgan fingerprint density at radius 1 is 1.00 bits per heavy atom. The molecule has 118 valence electrons. The second-order valence-electron chi connectivity index (χ2n) is 6.14. The monoisotopic (exact) mass is 308 g/mol. The van der Waals surface area contributed by atoms with Crippen molar-refractivity contribution in [3.63, 3.8) is 0 Å². The number of ether oxygens (including phenoxy) is 1. The van der Waals surface area contributed by atoms with Gasteiger partial charge in [-0.2, -0.15) is 0 Å². The molecular formula is C19H29ClO. The van der Waals surface area contributed by atoms with Crippen molar-refractivity contribution >= 4 is 11.6 Å². The van der Waals surface area contributed by atoms with Crippen LogP contribution in [0.3, 0.4) is 0 Å². The highest BCUT2D eigenvalue weighted by Gasteiger charge is 2.40. The first-order valence-electron chi connectivity index (χ1n) is 8.66. The summed E-state index contributed by atoms with van der Waals surface area (Å²) < 4.78 is 5.77. The molecule has 0 radical (unpaired) electrons. The molecule has 0 spiro atoms. The van der Waals surface area contributed by atoms with Gasteiger partial charge in [-0.25, -0.2) is 0 Å². The third kappa shape index (κ3) is 5.64. The molecule has 1 aromatic carbocycles. The largest absolute Gasteiger partial charge is 0.364 e. The number of unbranched alkanes of at least 4 members (excludes halogenated alkanes) is 6. The summed E-state index contributed by atoms with van der Waals surface area (Å²) in [6, 6.07) is 8.78. The van der Waals surface area contributed by atoms with Gasteiger partial charge >= 0.3 is 0 Å². The Morgan fingerprint density at radius 3 is 2.48 bits per heavy atom. The molecule has 1 heterocycles. The second-order valence-corrected chi connectivity index (χ2v) is 6.52. The molecule has 0 N–H and O–H groups in total. The van der Waals surface area contributed by atoms with Crippen molar-refractivity contribution in [1.82, 2.24) is 0 Å². The fourth-order valence-corrected chi connectivity index (χ4v) is 3.27. The van der Waals surface area contributed by atoms with Crippen molar-refractivity contribution in [2.75, 3.05) is 5.88 Å². The van der Waals surface area contributed by atoms with Gasteiger partial charge in [-0.05, 0) is 30.4 Å². The van der Waals surface area contributed by atoms with Crippen molar-refractivity contribution in [2.45, 2.75) is 76.9 Å². The first-order chi connectivity index (χ1) is 10.4. The first-order valence-corrected chi connectivity index (χ1v) is 9.19. The zero-order valence-electron chi connectivity index (χ0n) is 13.3. The number of halogens is 1. The number of aryl methyl sites for hydroxylation is 1. The Labute approximate surface area is 135 Å². The van der Waals surface area contributed by atoms with Gasteiger partial charge in [0.15, 0.2) is 0 Å². The lowest BCUT2D eigenvalue weighted by atomic mass is 9.97. The van der Waals surface area contributed by atoms with Gasteiger partial charge in [-0.1, -0.05) is 69.7 Å². The van der Waals surface area contributed by atoms with Gasteiger partial charge in [0.25, 0.3) is 0 Å². The minimum absolute atomic E-state index is 0.310. The summed E-state index contributed by atoms with van der Waals surface area (Å²) in [5.74, 6) is 0.696. The molecule has 0 amide bonds. The third-order valence-corrected chi connectivity index (χ3v) is 4.61. The third-order valence-electron chi connectivity index (χ3n) is 4.39. The number of epoxide rings is 1. The van der Waals surface area contributed by atoms with Gasteiger partial charge in [0, 0.05) is 5.88 Å². The van der Waals surface area contributed by atoms with E-state index in [0.29, 0.717) is 18.1 Å². The number of hydrogen-bond acceptors (Lipinski definition) is 1. The van der Waals surface area contributed by atoms with Crippen LogP contribution in [0.1, 0.15) is 75.5 Å². The van der Waals surface area contributed by atoms with Crippen LogP contribution in [0.4, 0.5) is 0 Å². The van der Waals surface area contributed by atoms with E-state index in [1.54, 1.807) is 0 Å². The van der Waals surface area contributed by atoms with Crippen molar-refractivity contribution in [1.29, 1.82) is 0 Å². The van der Waals surface area contributed by atoms with Crippen molar-refractivity contribution < 1.29 is 4.74 Å². The topological polar surface area (TPSA) is 12.5 Å². The average Bonchev–Trinajstić information content (AvgIpc) is 3.26. The van der Waals surface area contributed by atoms with Gasteiger partial charge in [-0.3, -0.25) is 0 Å². The predicted molar refractivity (Wildman–Crippen MR) is 91.1 cm³/mol. The Morgan fingerprint density at radius 2 is 1.71 bits per heavy atom. The number of hydrogen-bond donors (Lipinski definition) is 0. The fraction of sp³-hybridized carbons (Fsp3) is 0.684. The van der Waals surface area contributed by atoms with Gasteiger partial charge in [0.05, 0.1) is 6.10 Å². The molecule has 21 heavy (non-hydrogen) atoms. The highest BCUT2D eigenvalue weighted by atomic mass is 35.5. The molecule has 0 aliphatic carbocycles. The Balaban J connectivity index is 1.71. The summed E-state index contributed by atoms with van der Waals surface area (Å²) in [5, 5.41) is 0. The van der Waals surface area contributed by atoms with Crippen LogP contribution >= 0.6 is 11.6 Å². The van der Waals surface area contributed by atoms with E-state index < -0.39 is 0 Å². The van der Waals surface area contributed by atoms with Gasteiger partial charge < -0.3 is 4.74 Å². The van der Waals surface area contributed by atoms with Crippen LogP contribution in [0, 0.1) is 0 Å². The highest BCUT2D eigenvalue weighted by Crippen LogP contribution is 2.42. The van der Waals surface area contributed by atoms with Crippen LogP contribution in [0.5, 0.6) is 0 Å². The molecule has 0 saturated carbocycles. The van der Waals surface area contributed by atoms with Crippen molar-refractivity contribution in [3.8, 4) is 0 Å². The first kappa shape index (κ1) is 16.8. The Bertz CT molecular complexity index is 404.